The summed E-state index contributed by atoms with van der Waals surface area (Å²) in [5.74, 6) is 0. The Morgan fingerprint density at radius 1 is 0.643 bits per heavy atom. The third kappa shape index (κ3) is 1.80. The Morgan fingerprint density at radius 2 is 0.857 bits per heavy atom. The van der Waals surface area contributed by atoms with Crippen molar-refractivity contribution in [1.29, 1.82) is 0 Å². The van der Waals surface area contributed by atoms with Gasteiger partial charge in [0.05, 0.1) is 20.1 Å². The number of hydrogen-bond acceptors (Lipinski definition) is 0. The van der Waals surface area contributed by atoms with Crippen molar-refractivity contribution < 1.29 is 0 Å². The summed E-state index contributed by atoms with van der Waals surface area (Å²) in [7, 11) is 0. The van der Waals surface area contributed by atoms with E-state index in [0.717, 1.165) is 0 Å². The molecular formula is C10H6Cl4. The molecule has 0 saturated carbocycles. The first-order valence-corrected chi connectivity index (χ1v) is 5.16. The normalized spacial score (nSPS) is 10.0. The van der Waals surface area contributed by atoms with Gasteiger partial charge in [0.25, 0.3) is 0 Å². The van der Waals surface area contributed by atoms with Crippen molar-refractivity contribution in [2.24, 2.45) is 0 Å². The lowest BCUT2D eigenvalue weighted by atomic mass is 10.1. The summed E-state index contributed by atoms with van der Waals surface area (Å²) in [4.78, 5) is 0. The third-order valence-corrected chi connectivity index (χ3v) is 3.50. The van der Waals surface area contributed by atoms with Gasteiger partial charge in [0, 0.05) is 11.1 Å². The SMILES string of the molecule is C=Cc1c(Cl)c(Cl)c(C=C)c(Cl)c1Cl. The Kier molecular flexibility index (Phi) is 3.91. The van der Waals surface area contributed by atoms with Gasteiger partial charge in [0.2, 0.25) is 0 Å². The molecule has 0 amide bonds. The summed E-state index contributed by atoms with van der Waals surface area (Å²) in [6, 6.07) is 0. The highest BCUT2D eigenvalue weighted by Gasteiger charge is 2.16. The van der Waals surface area contributed by atoms with Crippen LogP contribution in [0.3, 0.4) is 0 Å². The molecule has 14 heavy (non-hydrogen) atoms. The quantitative estimate of drug-likeness (QED) is 0.613. The van der Waals surface area contributed by atoms with E-state index >= 15 is 0 Å². The van der Waals surface area contributed by atoms with E-state index in [1.165, 1.54) is 12.2 Å². The lowest BCUT2D eigenvalue weighted by Crippen LogP contribution is -1.87. The minimum Gasteiger partial charge on any atom is -0.0984 e. The van der Waals surface area contributed by atoms with E-state index in [1.807, 2.05) is 0 Å². The van der Waals surface area contributed by atoms with Crippen molar-refractivity contribution in [3.63, 3.8) is 0 Å². The van der Waals surface area contributed by atoms with Gasteiger partial charge in [0.15, 0.2) is 0 Å². The van der Waals surface area contributed by atoms with Crippen LogP contribution < -0.4 is 0 Å². The molecule has 0 spiro atoms. The van der Waals surface area contributed by atoms with E-state index < -0.39 is 0 Å². The first kappa shape index (κ1) is 11.9. The maximum atomic E-state index is 5.96. The van der Waals surface area contributed by atoms with E-state index in [0.29, 0.717) is 31.2 Å². The van der Waals surface area contributed by atoms with E-state index in [1.54, 1.807) is 0 Å². The molecule has 74 valence electrons. The summed E-state index contributed by atoms with van der Waals surface area (Å²) in [6.07, 6.45) is 3.02. The molecule has 0 saturated heterocycles. The van der Waals surface area contributed by atoms with Crippen molar-refractivity contribution in [3.05, 3.63) is 44.4 Å². The Balaban J connectivity index is 3.71. The predicted octanol–water partition coefficient (Wildman–Crippen LogP) is 5.59. The van der Waals surface area contributed by atoms with Gasteiger partial charge in [-0.2, -0.15) is 0 Å². The molecular weight excluding hydrogens is 262 g/mol. The summed E-state index contributed by atoms with van der Waals surface area (Å²) in [5.41, 5.74) is 1.07. The van der Waals surface area contributed by atoms with Crippen molar-refractivity contribution in [2.45, 2.75) is 0 Å². The maximum Gasteiger partial charge on any atom is 0.0686 e. The topological polar surface area (TPSA) is 0 Å². The first-order valence-electron chi connectivity index (χ1n) is 3.65. The van der Waals surface area contributed by atoms with Gasteiger partial charge in [-0.1, -0.05) is 71.7 Å². The Morgan fingerprint density at radius 3 is 1.00 bits per heavy atom. The minimum absolute atomic E-state index is 0.339. The Hall–Kier alpha value is -0.140. The van der Waals surface area contributed by atoms with Crippen LogP contribution in [-0.4, -0.2) is 0 Å². The smallest absolute Gasteiger partial charge is 0.0686 e. The fourth-order valence-electron chi connectivity index (χ4n) is 1.02. The molecule has 0 bridgehead atoms. The number of hydrogen-bond donors (Lipinski definition) is 0. The van der Waals surface area contributed by atoms with Gasteiger partial charge in [0.1, 0.15) is 0 Å². The highest BCUT2D eigenvalue weighted by Crippen LogP contribution is 2.41. The van der Waals surface area contributed by atoms with Crippen molar-refractivity contribution >= 4 is 58.6 Å². The summed E-state index contributed by atoms with van der Waals surface area (Å²) in [5, 5.41) is 1.36. The molecule has 0 aromatic heterocycles. The molecule has 1 aromatic carbocycles. The summed E-state index contributed by atoms with van der Waals surface area (Å²) in [6.45, 7) is 7.16. The number of benzene rings is 1. The van der Waals surface area contributed by atoms with Crippen LogP contribution >= 0.6 is 46.4 Å². The second kappa shape index (κ2) is 4.59. The van der Waals surface area contributed by atoms with Gasteiger partial charge in [-0.05, 0) is 0 Å². The van der Waals surface area contributed by atoms with E-state index in [2.05, 4.69) is 13.2 Å². The molecule has 0 aliphatic carbocycles. The van der Waals surface area contributed by atoms with E-state index in [-0.39, 0.29) is 0 Å². The van der Waals surface area contributed by atoms with Crippen LogP contribution in [0.1, 0.15) is 11.1 Å². The molecule has 0 heterocycles. The van der Waals surface area contributed by atoms with Crippen LogP contribution in [0.25, 0.3) is 12.2 Å². The van der Waals surface area contributed by atoms with Crippen LogP contribution in [-0.2, 0) is 0 Å². The van der Waals surface area contributed by atoms with E-state index in [4.69, 9.17) is 46.4 Å². The van der Waals surface area contributed by atoms with Crippen molar-refractivity contribution in [1.82, 2.24) is 0 Å². The molecule has 0 fully saturated rings. The zero-order chi connectivity index (χ0) is 10.9. The Labute approximate surface area is 103 Å². The standard InChI is InChI=1S/C10H6Cl4/c1-3-5-7(11)9(13)6(4-2)10(14)8(5)12/h3-4H,1-2H2. The van der Waals surface area contributed by atoms with Gasteiger partial charge in [-0.3, -0.25) is 0 Å². The number of halogens is 4. The average molecular weight is 268 g/mol. The van der Waals surface area contributed by atoms with Crippen LogP contribution in [0.5, 0.6) is 0 Å². The maximum absolute atomic E-state index is 5.96. The van der Waals surface area contributed by atoms with Crippen molar-refractivity contribution in [3.8, 4) is 0 Å². The molecule has 0 unspecified atom stereocenters. The first-order chi connectivity index (χ1) is 6.54. The second-order valence-electron chi connectivity index (χ2n) is 2.49. The van der Waals surface area contributed by atoms with Crippen LogP contribution in [0.2, 0.25) is 20.1 Å². The van der Waals surface area contributed by atoms with Crippen LogP contribution in [0, 0.1) is 0 Å². The molecule has 0 radical (unpaired) electrons. The van der Waals surface area contributed by atoms with Crippen LogP contribution in [0.4, 0.5) is 0 Å². The molecule has 0 aliphatic rings. The zero-order valence-electron chi connectivity index (χ0n) is 7.08. The molecule has 4 heteroatoms. The fourth-order valence-corrected chi connectivity index (χ4v) is 2.21. The van der Waals surface area contributed by atoms with Crippen molar-refractivity contribution in [2.75, 3.05) is 0 Å². The lowest BCUT2D eigenvalue weighted by Gasteiger charge is -2.10. The minimum atomic E-state index is 0.339. The molecule has 0 N–H and O–H groups in total. The monoisotopic (exact) mass is 266 g/mol. The predicted molar refractivity (Wildman–Crippen MR) is 66.7 cm³/mol. The molecule has 0 aliphatic heterocycles. The summed E-state index contributed by atoms with van der Waals surface area (Å²) >= 11 is 23.8. The summed E-state index contributed by atoms with van der Waals surface area (Å²) < 4.78 is 0. The van der Waals surface area contributed by atoms with Gasteiger partial charge in [-0.15, -0.1) is 0 Å². The third-order valence-electron chi connectivity index (χ3n) is 1.74. The van der Waals surface area contributed by atoms with Gasteiger partial charge < -0.3 is 0 Å². The second-order valence-corrected chi connectivity index (χ2v) is 4.00. The fraction of sp³-hybridized carbons (Fsp3) is 0. The lowest BCUT2D eigenvalue weighted by molar-refractivity contribution is 1.61. The highest BCUT2D eigenvalue weighted by molar-refractivity contribution is 6.50. The zero-order valence-corrected chi connectivity index (χ0v) is 10.1. The molecule has 0 atom stereocenters. The van der Waals surface area contributed by atoms with Gasteiger partial charge in [-0.25, -0.2) is 0 Å². The average Bonchev–Trinajstić information content (AvgIpc) is 2.17. The van der Waals surface area contributed by atoms with Crippen LogP contribution in [0.15, 0.2) is 13.2 Å². The number of rotatable bonds is 2. The highest BCUT2D eigenvalue weighted by atomic mass is 35.5. The molecule has 0 nitrogen and oxygen atoms in total. The van der Waals surface area contributed by atoms with Gasteiger partial charge >= 0.3 is 0 Å². The molecule has 1 aromatic rings. The van der Waals surface area contributed by atoms with E-state index in [9.17, 15) is 0 Å². The largest absolute Gasteiger partial charge is 0.0984 e. The molecule has 1 rings (SSSR count). The Bertz CT molecular complexity index is 339.